The lowest BCUT2D eigenvalue weighted by Crippen LogP contribution is -2.26. The average molecular weight is 398 g/mol. The lowest BCUT2D eigenvalue weighted by molar-refractivity contribution is 0.470. The lowest BCUT2D eigenvalue weighted by Gasteiger charge is -2.26. The first kappa shape index (κ1) is 15.7. The largest absolute Gasteiger partial charge is 0.310 e. The van der Waals surface area contributed by atoms with Crippen molar-refractivity contribution in [3.8, 4) is 0 Å². The van der Waals surface area contributed by atoms with E-state index in [1.54, 1.807) is 0 Å². The summed E-state index contributed by atoms with van der Waals surface area (Å²) in [6, 6.07) is 12.6. The Morgan fingerprint density at radius 1 is 1.20 bits per heavy atom. The first-order chi connectivity index (χ1) is 9.63. The van der Waals surface area contributed by atoms with Crippen molar-refractivity contribution in [3.05, 3.63) is 62.8 Å². The lowest BCUT2D eigenvalue weighted by atomic mass is 9.91. The van der Waals surface area contributed by atoms with Gasteiger partial charge in [0.25, 0.3) is 0 Å². The molecule has 2 rings (SSSR count). The van der Waals surface area contributed by atoms with Gasteiger partial charge in [0.1, 0.15) is 0 Å². The topological polar surface area (TPSA) is 24.9 Å². The summed E-state index contributed by atoms with van der Waals surface area (Å²) in [6.07, 6.45) is 1.85. The second-order valence-corrected chi connectivity index (χ2v) is 6.51. The molecule has 1 N–H and O–H groups in total. The fourth-order valence-corrected chi connectivity index (χ4v) is 3.64. The summed E-state index contributed by atoms with van der Waals surface area (Å²) in [6.45, 7) is 5.26. The summed E-state index contributed by atoms with van der Waals surface area (Å²) < 4.78 is 2.19. The van der Waals surface area contributed by atoms with Gasteiger partial charge in [-0.05, 0) is 36.4 Å². The predicted octanol–water partition coefficient (Wildman–Crippen LogP) is 5.06. The van der Waals surface area contributed by atoms with Gasteiger partial charge in [0, 0.05) is 32.8 Å². The highest BCUT2D eigenvalue weighted by molar-refractivity contribution is 9.11. The Balaban J connectivity index is 2.35. The van der Waals surface area contributed by atoms with Gasteiger partial charge in [-0.1, -0.05) is 57.8 Å². The van der Waals surface area contributed by atoms with Crippen molar-refractivity contribution in [2.45, 2.75) is 25.8 Å². The molecule has 0 bridgehead atoms. The van der Waals surface area contributed by atoms with E-state index in [0.29, 0.717) is 5.92 Å². The SMILES string of the molecule is CCNC(c1ccc(Br)cc1Br)C(C)c1ccccn1. The van der Waals surface area contributed by atoms with E-state index in [1.807, 2.05) is 18.3 Å². The van der Waals surface area contributed by atoms with E-state index >= 15 is 0 Å². The molecule has 2 atom stereocenters. The quantitative estimate of drug-likeness (QED) is 0.762. The van der Waals surface area contributed by atoms with Crippen molar-refractivity contribution in [2.24, 2.45) is 0 Å². The van der Waals surface area contributed by atoms with Gasteiger partial charge in [-0.2, -0.15) is 0 Å². The molecule has 1 aromatic heterocycles. The Hall–Kier alpha value is -0.710. The fourth-order valence-electron chi connectivity index (χ4n) is 2.35. The van der Waals surface area contributed by atoms with Crippen LogP contribution in [0.5, 0.6) is 0 Å². The molecule has 0 saturated carbocycles. The number of benzene rings is 1. The Labute approximate surface area is 137 Å². The smallest absolute Gasteiger partial charge is 0.0450 e. The molecule has 2 unspecified atom stereocenters. The molecule has 0 spiro atoms. The number of pyridine rings is 1. The van der Waals surface area contributed by atoms with Crippen LogP contribution in [0.3, 0.4) is 0 Å². The monoisotopic (exact) mass is 396 g/mol. The van der Waals surface area contributed by atoms with Gasteiger partial charge in [0.15, 0.2) is 0 Å². The number of hydrogen-bond donors (Lipinski definition) is 1. The number of aromatic nitrogens is 1. The summed E-state index contributed by atoms with van der Waals surface area (Å²) in [5.74, 6) is 0.300. The highest BCUT2D eigenvalue weighted by Crippen LogP contribution is 2.34. The van der Waals surface area contributed by atoms with Crippen LogP contribution in [0.1, 0.15) is 37.1 Å². The first-order valence-electron chi connectivity index (χ1n) is 6.72. The van der Waals surface area contributed by atoms with Crippen LogP contribution in [0.15, 0.2) is 51.5 Å². The van der Waals surface area contributed by atoms with Crippen molar-refractivity contribution in [2.75, 3.05) is 6.54 Å². The second-order valence-electron chi connectivity index (χ2n) is 4.74. The molecule has 0 aliphatic carbocycles. The number of nitrogens with one attached hydrogen (secondary N) is 1. The third kappa shape index (κ3) is 3.68. The zero-order chi connectivity index (χ0) is 14.5. The molecule has 1 heterocycles. The summed E-state index contributed by atoms with van der Waals surface area (Å²) in [5, 5.41) is 3.57. The Kier molecular flexibility index (Phi) is 5.75. The number of halogens is 2. The molecular formula is C16H18Br2N2. The zero-order valence-corrected chi connectivity index (χ0v) is 14.8. The minimum atomic E-state index is 0.234. The van der Waals surface area contributed by atoms with E-state index in [0.717, 1.165) is 21.2 Å². The maximum absolute atomic E-state index is 4.49. The van der Waals surface area contributed by atoms with E-state index < -0.39 is 0 Å². The molecule has 0 aliphatic rings. The van der Waals surface area contributed by atoms with Gasteiger partial charge < -0.3 is 5.32 Å². The van der Waals surface area contributed by atoms with Crippen molar-refractivity contribution < 1.29 is 0 Å². The minimum Gasteiger partial charge on any atom is -0.310 e. The van der Waals surface area contributed by atoms with Gasteiger partial charge in [-0.25, -0.2) is 0 Å². The van der Waals surface area contributed by atoms with E-state index in [1.165, 1.54) is 5.56 Å². The number of rotatable bonds is 5. The van der Waals surface area contributed by atoms with Crippen LogP contribution in [-0.2, 0) is 0 Å². The van der Waals surface area contributed by atoms with Gasteiger partial charge in [0.2, 0.25) is 0 Å². The third-order valence-corrected chi connectivity index (χ3v) is 4.56. The second kappa shape index (κ2) is 7.34. The normalized spacial score (nSPS) is 14.0. The van der Waals surface area contributed by atoms with E-state index in [2.05, 4.69) is 80.3 Å². The standard InChI is InChI=1S/C16H18Br2N2/c1-3-19-16(11(2)15-6-4-5-9-20-15)13-8-7-12(17)10-14(13)18/h4-11,16,19H,3H2,1-2H3. The Bertz CT molecular complexity index is 558. The molecule has 0 radical (unpaired) electrons. The number of likely N-dealkylation sites (N-methyl/N-ethyl adjacent to an activating group) is 1. The molecule has 0 saturated heterocycles. The van der Waals surface area contributed by atoms with E-state index in [9.17, 15) is 0 Å². The fraction of sp³-hybridized carbons (Fsp3) is 0.312. The van der Waals surface area contributed by atoms with E-state index in [-0.39, 0.29) is 6.04 Å². The zero-order valence-electron chi connectivity index (χ0n) is 11.6. The molecule has 0 fully saturated rings. The average Bonchev–Trinajstić information content (AvgIpc) is 2.46. The van der Waals surface area contributed by atoms with Crippen LogP contribution >= 0.6 is 31.9 Å². The van der Waals surface area contributed by atoms with Crippen LogP contribution in [0.2, 0.25) is 0 Å². The molecule has 4 heteroatoms. The molecular weight excluding hydrogens is 380 g/mol. The highest BCUT2D eigenvalue weighted by atomic mass is 79.9. The number of hydrogen-bond acceptors (Lipinski definition) is 2. The Morgan fingerprint density at radius 2 is 2.00 bits per heavy atom. The van der Waals surface area contributed by atoms with Crippen LogP contribution in [-0.4, -0.2) is 11.5 Å². The molecule has 0 aliphatic heterocycles. The molecule has 106 valence electrons. The van der Waals surface area contributed by atoms with Gasteiger partial charge in [0.05, 0.1) is 0 Å². The van der Waals surface area contributed by atoms with Gasteiger partial charge in [-0.15, -0.1) is 0 Å². The summed E-state index contributed by atoms with van der Waals surface area (Å²) in [5.41, 5.74) is 2.36. The van der Waals surface area contributed by atoms with Crippen LogP contribution in [0, 0.1) is 0 Å². The van der Waals surface area contributed by atoms with Crippen LogP contribution < -0.4 is 5.32 Å². The van der Waals surface area contributed by atoms with Crippen molar-refractivity contribution in [3.63, 3.8) is 0 Å². The maximum Gasteiger partial charge on any atom is 0.0450 e. The minimum absolute atomic E-state index is 0.234. The van der Waals surface area contributed by atoms with E-state index in [4.69, 9.17) is 0 Å². The summed E-state index contributed by atoms with van der Waals surface area (Å²) >= 11 is 7.17. The van der Waals surface area contributed by atoms with Crippen LogP contribution in [0.4, 0.5) is 0 Å². The molecule has 20 heavy (non-hydrogen) atoms. The van der Waals surface area contributed by atoms with Crippen LogP contribution in [0.25, 0.3) is 0 Å². The van der Waals surface area contributed by atoms with Gasteiger partial charge in [-0.3, -0.25) is 4.98 Å². The molecule has 0 amide bonds. The molecule has 2 aromatic rings. The van der Waals surface area contributed by atoms with Crippen molar-refractivity contribution in [1.82, 2.24) is 10.3 Å². The Morgan fingerprint density at radius 3 is 2.60 bits per heavy atom. The van der Waals surface area contributed by atoms with Crippen molar-refractivity contribution in [1.29, 1.82) is 0 Å². The summed E-state index contributed by atoms with van der Waals surface area (Å²) in [7, 11) is 0. The molecule has 2 nitrogen and oxygen atoms in total. The third-order valence-electron chi connectivity index (χ3n) is 3.38. The maximum atomic E-state index is 4.49. The first-order valence-corrected chi connectivity index (χ1v) is 8.31. The highest BCUT2D eigenvalue weighted by Gasteiger charge is 2.22. The van der Waals surface area contributed by atoms with Crippen molar-refractivity contribution >= 4 is 31.9 Å². The summed E-state index contributed by atoms with van der Waals surface area (Å²) in [4.78, 5) is 4.49. The predicted molar refractivity (Wildman–Crippen MR) is 90.9 cm³/mol. The number of nitrogens with zero attached hydrogens (tertiary/aromatic N) is 1. The molecule has 1 aromatic carbocycles. The van der Waals surface area contributed by atoms with Gasteiger partial charge >= 0.3 is 0 Å².